The van der Waals surface area contributed by atoms with Crippen LogP contribution in [0.2, 0.25) is 0 Å². The number of carbonyl (C=O) groups excluding carboxylic acids is 1. The SMILES string of the molecule is N#Cc1ccc(NCC(=O)N2CCN(S(=O)(=O)c3cccc(C(F)(F)F)c3)CC2)cc1. The molecule has 0 atom stereocenters. The molecule has 0 bridgehead atoms. The van der Waals surface area contributed by atoms with Crippen LogP contribution in [0.15, 0.2) is 53.4 Å². The summed E-state index contributed by atoms with van der Waals surface area (Å²) in [6.07, 6.45) is -4.64. The lowest BCUT2D eigenvalue weighted by atomic mass is 10.2. The van der Waals surface area contributed by atoms with Crippen LogP contribution in [0.4, 0.5) is 18.9 Å². The van der Waals surface area contributed by atoms with Gasteiger partial charge in [0.2, 0.25) is 15.9 Å². The number of piperazine rings is 1. The van der Waals surface area contributed by atoms with Gasteiger partial charge in [0, 0.05) is 31.9 Å². The summed E-state index contributed by atoms with van der Waals surface area (Å²) >= 11 is 0. The molecular formula is C20H19F3N4O3S. The molecule has 1 aliphatic heterocycles. The molecule has 0 aromatic heterocycles. The molecule has 0 radical (unpaired) electrons. The molecule has 0 unspecified atom stereocenters. The van der Waals surface area contributed by atoms with E-state index in [4.69, 9.17) is 5.26 Å². The van der Waals surface area contributed by atoms with Gasteiger partial charge in [0.15, 0.2) is 0 Å². The van der Waals surface area contributed by atoms with Crippen molar-refractivity contribution in [3.63, 3.8) is 0 Å². The van der Waals surface area contributed by atoms with Crippen molar-refractivity contribution in [3.8, 4) is 6.07 Å². The summed E-state index contributed by atoms with van der Waals surface area (Å²) in [5.74, 6) is -0.236. The molecule has 0 aliphatic carbocycles. The maximum Gasteiger partial charge on any atom is 0.416 e. The number of anilines is 1. The summed E-state index contributed by atoms with van der Waals surface area (Å²) in [4.78, 5) is 13.5. The third kappa shape index (κ3) is 5.34. The number of carbonyl (C=O) groups is 1. The number of alkyl halides is 3. The third-order valence-electron chi connectivity index (χ3n) is 4.85. The summed E-state index contributed by atoms with van der Waals surface area (Å²) in [6.45, 7) is 0.229. The van der Waals surface area contributed by atoms with Gasteiger partial charge in [-0.25, -0.2) is 8.42 Å². The first-order valence-electron chi connectivity index (χ1n) is 9.30. The Bertz CT molecular complexity index is 1090. The van der Waals surface area contributed by atoms with Crippen LogP contribution in [0.5, 0.6) is 0 Å². The van der Waals surface area contributed by atoms with Crippen molar-refractivity contribution >= 4 is 21.6 Å². The number of nitriles is 1. The quantitative estimate of drug-likeness (QED) is 0.753. The zero-order chi connectivity index (χ0) is 22.6. The Morgan fingerprint density at radius 3 is 2.29 bits per heavy atom. The molecule has 3 rings (SSSR count). The molecular weight excluding hydrogens is 433 g/mol. The molecule has 2 aromatic carbocycles. The van der Waals surface area contributed by atoms with Gasteiger partial charge in [-0.3, -0.25) is 4.79 Å². The lowest BCUT2D eigenvalue weighted by Crippen LogP contribution is -2.51. The fraction of sp³-hybridized carbons (Fsp3) is 0.300. The number of benzene rings is 2. The lowest BCUT2D eigenvalue weighted by Gasteiger charge is -2.34. The van der Waals surface area contributed by atoms with Crippen molar-refractivity contribution in [1.29, 1.82) is 5.26 Å². The fourth-order valence-corrected chi connectivity index (χ4v) is 4.58. The average molecular weight is 452 g/mol. The zero-order valence-electron chi connectivity index (χ0n) is 16.3. The van der Waals surface area contributed by atoms with Gasteiger partial charge in [-0.2, -0.15) is 22.7 Å². The van der Waals surface area contributed by atoms with Crippen LogP contribution in [0, 0.1) is 11.3 Å². The summed E-state index contributed by atoms with van der Waals surface area (Å²) in [5.41, 5.74) is 0.129. The van der Waals surface area contributed by atoms with Gasteiger partial charge >= 0.3 is 6.18 Å². The molecule has 1 amide bonds. The zero-order valence-corrected chi connectivity index (χ0v) is 17.1. The van der Waals surface area contributed by atoms with E-state index in [-0.39, 0.29) is 38.6 Å². The van der Waals surface area contributed by atoms with Crippen molar-refractivity contribution in [2.24, 2.45) is 0 Å². The highest BCUT2D eigenvalue weighted by Gasteiger charge is 2.34. The van der Waals surface area contributed by atoms with Crippen molar-refractivity contribution < 1.29 is 26.4 Å². The van der Waals surface area contributed by atoms with Gasteiger partial charge in [-0.05, 0) is 42.5 Å². The standard InChI is InChI=1S/C20H19F3N4O3S/c21-20(22,23)16-2-1-3-18(12-16)31(29,30)27-10-8-26(9-11-27)19(28)14-25-17-6-4-15(13-24)5-7-17/h1-7,12,25H,8-11,14H2. The Hall–Kier alpha value is -3.10. The topological polar surface area (TPSA) is 93.5 Å². The van der Waals surface area contributed by atoms with E-state index in [0.717, 1.165) is 22.5 Å². The Labute approximate surface area is 177 Å². The van der Waals surface area contributed by atoms with E-state index in [2.05, 4.69) is 5.32 Å². The van der Waals surface area contributed by atoms with Crippen molar-refractivity contribution in [2.45, 2.75) is 11.1 Å². The summed E-state index contributed by atoms with van der Waals surface area (Å²) < 4.78 is 65.2. The van der Waals surface area contributed by atoms with Gasteiger partial charge in [-0.1, -0.05) is 6.07 Å². The number of rotatable bonds is 5. The van der Waals surface area contributed by atoms with Crippen LogP contribution >= 0.6 is 0 Å². The number of halogens is 3. The molecule has 1 N–H and O–H groups in total. The minimum Gasteiger partial charge on any atom is -0.376 e. The third-order valence-corrected chi connectivity index (χ3v) is 6.74. The summed E-state index contributed by atoms with van der Waals surface area (Å²) in [6, 6.07) is 12.2. The second-order valence-electron chi connectivity index (χ2n) is 6.85. The van der Waals surface area contributed by atoms with Crippen molar-refractivity contribution in [1.82, 2.24) is 9.21 Å². The van der Waals surface area contributed by atoms with E-state index in [1.807, 2.05) is 6.07 Å². The Morgan fingerprint density at radius 2 is 1.71 bits per heavy atom. The first kappa shape index (κ1) is 22.6. The first-order valence-corrected chi connectivity index (χ1v) is 10.7. The van der Waals surface area contributed by atoms with Gasteiger partial charge in [-0.15, -0.1) is 0 Å². The second kappa shape index (κ2) is 8.95. The Morgan fingerprint density at radius 1 is 1.06 bits per heavy atom. The number of hydrogen-bond donors (Lipinski definition) is 1. The summed E-state index contributed by atoms with van der Waals surface area (Å²) in [7, 11) is -4.10. The maximum atomic E-state index is 12.9. The molecule has 11 heteroatoms. The molecule has 1 heterocycles. The van der Waals surface area contributed by atoms with Crippen LogP contribution in [0.1, 0.15) is 11.1 Å². The van der Waals surface area contributed by atoms with Gasteiger partial charge in [0.05, 0.1) is 28.6 Å². The molecule has 0 saturated carbocycles. The molecule has 1 fully saturated rings. The van der Waals surface area contributed by atoms with Crippen LogP contribution in [0.3, 0.4) is 0 Å². The van der Waals surface area contributed by atoms with Crippen LogP contribution in [0.25, 0.3) is 0 Å². The number of nitrogens with one attached hydrogen (secondary N) is 1. The average Bonchev–Trinajstić information content (AvgIpc) is 2.77. The van der Waals surface area contributed by atoms with Crippen molar-refractivity contribution in [3.05, 3.63) is 59.7 Å². The van der Waals surface area contributed by atoms with Gasteiger partial charge in [0.1, 0.15) is 0 Å². The summed E-state index contributed by atoms with van der Waals surface area (Å²) in [5, 5.41) is 11.7. The molecule has 31 heavy (non-hydrogen) atoms. The van der Waals surface area contributed by atoms with E-state index in [1.165, 1.54) is 4.90 Å². The molecule has 0 spiro atoms. The largest absolute Gasteiger partial charge is 0.416 e. The van der Waals surface area contributed by atoms with E-state index < -0.39 is 26.7 Å². The molecule has 164 valence electrons. The Balaban J connectivity index is 1.58. The minimum atomic E-state index is -4.64. The molecule has 1 aliphatic rings. The number of sulfonamides is 1. The Kier molecular flexibility index (Phi) is 6.52. The lowest BCUT2D eigenvalue weighted by molar-refractivity contribution is -0.137. The number of hydrogen-bond acceptors (Lipinski definition) is 5. The molecule has 1 saturated heterocycles. The van der Waals surface area contributed by atoms with Gasteiger partial charge in [0.25, 0.3) is 0 Å². The second-order valence-corrected chi connectivity index (χ2v) is 8.79. The van der Waals surface area contributed by atoms with Crippen LogP contribution in [-0.4, -0.2) is 56.3 Å². The highest BCUT2D eigenvalue weighted by molar-refractivity contribution is 7.89. The number of nitrogens with zero attached hydrogens (tertiary/aromatic N) is 3. The van der Waals surface area contributed by atoms with Crippen LogP contribution < -0.4 is 5.32 Å². The highest BCUT2D eigenvalue weighted by atomic mass is 32.2. The molecule has 2 aromatic rings. The van der Waals surface area contributed by atoms with E-state index in [1.54, 1.807) is 24.3 Å². The van der Waals surface area contributed by atoms with E-state index >= 15 is 0 Å². The predicted molar refractivity (Wildman–Crippen MR) is 106 cm³/mol. The fourth-order valence-electron chi connectivity index (χ4n) is 3.11. The highest BCUT2D eigenvalue weighted by Crippen LogP contribution is 2.31. The van der Waals surface area contributed by atoms with Crippen LogP contribution in [-0.2, 0) is 21.0 Å². The monoisotopic (exact) mass is 452 g/mol. The maximum absolute atomic E-state index is 12.9. The van der Waals surface area contributed by atoms with Gasteiger partial charge < -0.3 is 10.2 Å². The smallest absolute Gasteiger partial charge is 0.376 e. The van der Waals surface area contributed by atoms with E-state index in [0.29, 0.717) is 17.3 Å². The predicted octanol–water partition coefficient (Wildman–Crippen LogP) is 2.52. The van der Waals surface area contributed by atoms with E-state index in [9.17, 15) is 26.4 Å². The minimum absolute atomic E-state index is 0.00766. The van der Waals surface area contributed by atoms with Crippen molar-refractivity contribution in [2.75, 3.05) is 38.0 Å². The molecule has 7 nitrogen and oxygen atoms in total. The number of amides is 1. The normalized spacial score (nSPS) is 15.4. The first-order chi connectivity index (χ1) is 14.6.